The number of pyridine rings is 1. The Morgan fingerprint density at radius 3 is 2.67 bits per heavy atom. The Morgan fingerprint density at radius 2 is 2.14 bits per heavy atom. The second kappa shape index (κ2) is 6.26. The van der Waals surface area contributed by atoms with Crippen LogP contribution < -0.4 is 4.90 Å². The third kappa shape index (κ3) is 3.42. The molecule has 1 aromatic rings. The van der Waals surface area contributed by atoms with Crippen LogP contribution in [0.5, 0.6) is 0 Å². The smallest absolute Gasteiger partial charge is 0.328 e. The van der Waals surface area contributed by atoms with Gasteiger partial charge in [0.25, 0.3) is 0 Å². The van der Waals surface area contributed by atoms with Crippen LogP contribution in [0.25, 0.3) is 6.08 Å². The van der Waals surface area contributed by atoms with E-state index in [0.29, 0.717) is 0 Å². The zero-order valence-corrected chi connectivity index (χ0v) is 12.9. The topological polar surface area (TPSA) is 56.7 Å². The summed E-state index contributed by atoms with van der Waals surface area (Å²) in [6.45, 7) is 0.894. The lowest BCUT2D eigenvalue weighted by Crippen LogP contribution is -2.57. The molecule has 5 heteroatoms. The van der Waals surface area contributed by atoms with Gasteiger partial charge in [0.1, 0.15) is 5.82 Å². The van der Waals surface area contributed by atoms with Gasteiger partial charge in [0.2, 0.25) is 0 Å². The van der Waals surface area contributed by atoms with Crippen molar-refractivity contribution in [2.45, 2.75) is 24.8 Å². The second-order valence-electron chi connectivity index (χ2n) is 5.92. The Hall–Kier alpha value is -1.88. The zero-order valence-electron chi connectivity index (χ0n) is 12.9. The third-order valence-electron chi connectivity index (χ3n) is 4.35. The van der Waals surface area contributed by atoms with E-state index < -0.39 is 5.97 Å². The van der Waals surface area contributed by atoms with Gasteiger partial charge in [0.15, 0.2) is 0 Å². The van der Waals surface area contributed by atoms with Crippen LogP contribution in [-0.4, -0.2) is 54.2 Å². The Bertz CT molecular complexity index is 536. The van der Waals surface area contributed by atoms with Crippen molar-refractivity contribution in [3.8, 4) is 0 Å². The van der Waals surface area contributed by atoms with Crippen LogP contribution in [0.4, 0.5) is 5.82 Å². The number of aliphatic carboxylic acids is 1. The predicted molar refractivity (Wildman–Crippen MR) is 84.4 cm³/mol. The van der Waals surface area contributed by atoms with Gasteiger partial charge in [-0.05, 0) is 51.6 Å². The molecule has 1 aliphatic rings. The molecular formula is C16H23N3O2. The first-order valence-corrected chi connectivity index (χ1v) is 7.19. The minimum atomic E-state index is -0.948. The average molecular weight is 289 g/mol. The molecule has 0 unspecified atom stereocenters. The Labute approximate surface area is 125 Å². The largest absolute Gasteiger partial charge is 0.478 e. The van der Waals surface area contributed by atoms with Crippen molar-refractivity contribution in [3.63, 3.8) is 0 Å². The molecule has 0 spiro atoms. The van der Waals surface area contributed by atoms with Gasteiger partial charge >= 0.3 is 5.97 Å². The number of anilines is 1. The summed E-state index contributed by atoms with van der Waals surface area (Å²) in [6, 6.07) is 3.71. The van der Waals surface area contributed by atoms with Crippen LogP contribution in [0.1, 0.15) is 24.8 Å². The van der Waals surface area contributed by atoms with Crippen molar-refractivity contribution in [2.24, 2.45) is 0 Å². The van der Waals surface area contributed by atoms with Crippen molar-refractivity contribution in [2.75, 3.05) is 32.6 Å². The number of carbonyl (C=O) groups is 1. The summed E-state index contributed by atoms with van der Waals surface area (Å²) in [4.78, 5) is 19.5. The highest BCUT2D eigenvalue weighted by molar-refractivity contribution is 5.86. The number of nitrogens with zero attached hydrogens (tertiary/aromatic N) is 3. The Kier molecular flexibility index (Phi) is 4.63. The summed E-state index contributed by atoms with van der Waals surface area (Å²) in [5.74, 6) is -0.126. The van der Waals surface area contributed by atoms with Gasteiger partial charge in [-0.25, -0.2) is 9.78 Å². The van der Waals surface area contributed by atoms with E-state index in [1.54, 1.807) is 12.3 Å². The molecule has 21 heavy (non-hydrogen) atoms. The summed E-state index contributed by atoms with van der Waals surface area (Å²) in [7, 11) is 6.26. The predicted octanol–water partition coefficient (Wildman–Crippen LogP) is 2.10. The summed E-state index contributed by atoms with van der Waals surface area (Å²) >= 11 is 0. The lowest BCUT2D eigenvalue weighted by Gasteiger charge is -2.49. The highest BCUT2D eigenvalue weighted by Gasteiger charge is 2.40. The minimum absolute atomic E-state index is 0.208. The minimum Gasteiger partial charge on any atom is -0.478 e. The third-order valence-corrected chi connectivity index (χ3v) is 4.35. The maximum Gasteiger partial charge on any atom is 0.328 e. The van der Waals surface area contributed by atoms with Crippen molar-refractivity contribution < 1.29 is 9.90 Å². The van der Waals surface area contributed by atoms with Crippen LogP contribution in [-0.2, 0) is 4.79 Å². The van der Waals surface area contributed by atoms with Gasteiger partial charge in [-0.1, -0.05) is 0 Å². The molecule has 114 valence electrons. The van der Waals surface area contributed by atoms with E-state index in [2.05, 4.69) is 28.9 Å². The number of carboxylic acids is 1. The van der Waals surface area contributed by atoms with E-state index >= 15 is 0 Å². The lowest BCUT2D eigenvalue weighted by molar-refractivity contribution is -0.131. The quantitative estimate of drug-likeness (QED) is 0.813. The fourth-order valence-electron chi connectivity index (χ4n) is 2.87. The van der Waals surface area contributed by atoms with E-state index in [4.69, 9.17) is 5.11 Å². The lowest BCUT2D eigenvalue weighted by atomic mass is 9.75. The van der Waals surface area contributed by atoms with Gasteiger partial charge in [0.05, 0.1) is 0 Å². The van der Waals surface area contributed by atoms with E-state index in [-0.39, 0.29) is 5.54 Å². The number of hydrogen-bond acceptors (Lipinski definition) is 4. The number of carboxylic acid groups (broad SMARTS) is 1. The summed E-state index contributed by atoms with van der Waals surface area (Å²) in [5.41, 5.74) is 1.04. The summed E-state index contributed by atoms with van der Waals surface area (Å²) in [6.07, 6.45) is 8.14. The first kappa shape index (κ1) is 15.5. The Balaban J connectivity index is 2.19. The molecule has 0 bridgehead atoms. The molecule has 1 aromatic heterocycles. The van der Waals surface area contributed by atoms with Crippen LogP contribution >= 0.6 is 0 Å². The number of rotatable bonds is 6. The zero-order chi connectivity index (χ0) is 15.5. The molecule has 0 atom stereocenters. The maximum absolute atomic E-state index is 10.7. The summed E-state index contributed by atoms with van der Waals surface area (Å²) in [5, 5.41) is 8.78. The molecule has 1 saturated carbocycles. The van der Waals surface area contributed by atoms with Gasteiger partial charge < -0.3 is 14.9 Å². The number of aromatic nitrogens is 1. The molecule has 0 aromatic carbocycles. The highest BCUT2D eigenvalue weighted by atomic mass is 16.4. The van der Waals surface area contributed by atoms with Crippen molar-refractivity contribution in [3.05, 3.63) is 30.0 Å². The molecule has 0 aliphatic heterocycles. The SMILES string of the molecule is CN(CC1(N(C)C)CCC1)c1ncccc1/C=C/C(=O)O. The van der Waals surface area contributed by atoms with Crippen molar-refractivity contribution >= 4 is 17.9 Å². The van der Waals surface area contributed by atoms with E-state index in [1.165, 1.54) is 19.3 Å². The van der Waals surface area contributed by atoms with E-state index in [9.17, 15) is 4.79 Å². The number of hydrogen-bond donors (Lipinski definition) is 1. The van der Waals surface area contributed by atoms with Gasteiger partial charge in [-0.15, -0.1) is 0 Å². The monoisotopic (exact) mass is 289 g/mol. The van der Waals surface area contributed by atoms with Gasteiger partial charge in [-0.3, -0.25) is 0 Å². The van der Waals surface area contributed by atoms with Gasteiger partial charge in [0, 0.05) is 37.0 Å². The normalized spacial score (nSPS) is 17.0. The van der Waals surface area contributed by atoms with Crippen LogP contribution in [0.3, 0.4) is 0 Å². The van der Waals surface area contributed by atoms with Crippen molar-refractivity contribution in [1.29, 1.82) is 0 Å². The first-order chi connectivity index (χ1) is 9.94. The molecule has 0 radical (unpaired) electrons. The molecule has 1 aliphatic carbocycles. The molecule has 0 saturated heterocycles. The molecule has 1 N–H and O–H groups in total. The fraction of sp³-hybridized carbons (Fsp3) is 0.500. The molecule has 1 fully saturated rings. The average Bonchev–Trinajstić information content (AvgIpc) is 2.40. The van der Waals surface area contributed by atoms with E-state index in [0.717, 1.165) is 24.0 Å². The molecule has 2 rings (SSSR count). The van der Waals surface area contributed by atoms with Crippen LogP contribution in [0.2, 0.25) is 0 Å². The van der Waals surface area contributed by atoms with Gasteiger partial charge in [-0.2, -0.15) is 0 Å². The summed E-state index contributed by atoms with van der Waals surface area (Å²) < 4.78 is 0. The molecule has 0 amide bonds. The molecule has 5 nitrogen and oxygen atoms in total. The highest BCUT2D eigenvalue weighted by Crippen LogP contribution is 2.37. The van der Waals surface area contributed by atoms with Crippen molar-refractivity contribution in [1.82, 2.24) is 9.88 Å². The molecule has 1 heterocycles. The van der Waals surface area contributed by atoms with Crippen LogP contribution in [0, 0.1) is 0 Å². The second-order valence-corrected chi connectivity index (χ2v) is 5.92. The number of likely N-dealkylation sites (N-methyl/N-ethyl adjacent to an activating group) is 2. The fourth-order valence-corrected chi connectivity index (χ4v) is 2.87. The standard InChI is InChI=1S/C16H23N3O2/c1-18(2)16(9-5-10-16)12-19(3)15-13(6-4-11-17-15)7-8-14(20)21/h4,6-8,11H,5,9-10,12H2,1-3H3,(H,20,21)/b8-7+. The van der Waals surface area contributed by atoms with E-state index in [1.807, 2.05) is 19.2 Å². The van der Waals surface area contributed by atoms with Crippen LogP contribution in [0.15, 0.2) is 24.4 Å². The first-order valence-electron chi connectivity index (χ1n) is 7.19. The maximum atomic E-state index is 10.7. The Morgan fingerprint density at radius 1 is 1.43 bits per heavy atom. The molecular weight excluding hydrogens is 266 g/mol.